The van der Waals surface area contributed by atoms with Gasteiger partial charge in [0.1, 0.15) is 0 Å². The predicted molar refractivity (Wildman–Crippen MR) is 41.5 cm³/mol. The lowest BCUT2D eigenvalue weighted by Crippen LogP contribution is -2.19. The van der Waals surface area contributed by atoms with Crippen molar-refractivity contribution in [3.8, 4) is 0 Å². The Bertz CT molecular complexity index is 168. The van der Waals surface area contributed by atoms with Crippen LogP contribution in [0.15, 0.2) is 24.3 Å². The molecule has 1 saturated carbocycles. The minimum absolute atomic E-state index is 0.917. The van der Waals surface area contributed by atoms with Crippen LogP contribution in [0.25, 0.3) is 0 Å². The molecule has 0 unspecified atom stereocenters. The molecule has 0 aromatic heterocycles. The van der Waals surface area contributed by atoms with E-state index in [1.54, 1.807) is 0 Å². The summed E-state index contributed by atoms with van der Waals surface area (Å²) in [6.45, 7) is 0. The molecule has 52 valence electrons. The van der Waals surface area contributed by atoms with Crippen molar-refractivity contribution < 1.29 is 0 Å². The Morgan fingerprint density at radius 2 is 0.900 bits per heavy atom. The zero-order valence-electron chi connectivity index (χ0n) is 6.03. The minimum atomic E-state index is 0.917. The number of hydrogen-bond acceptors (Lipinski definition) is 0. The van der Waals surface area contributed by atoms with Crippen molar-refractivity contribution in [3.05, 3.63) is 24.3 Å². The van der Waals surface area contributed by atoms with E-state index in [0.29, 0.717) is 0 Å². The summed E-state index contributed by atoms with van der Waals surface area (Å²) in [5.74, 6) is 3.67. The van der Waals surface area contributed by atoms with E-state index in [4.69, 9.17) is 0 Å². The molecule has 0 aromatic rings. The van der Waals surface area contributed by atoms with Crippen LogP contribution in [-0.4, -0.2) is 0 Å². The molecule has 0 saturated heterocycles. The van der Waals surface area contributed by atoms with E-state index in [1.807, 2.05) is 0 Å². The van der Waals surface area contributed by atoms with Crippen LogP contribution in [0.1, 0.15) is 12.8 Å². The van der Waals surface area contributed by atoms with Crippen molar-refractivity contribution in [1.82, 2.24) is 0 Å². The molecule has 0 amide bonds. The van der Waals surface area contributed by atoms with Gasteiger partial charge in [0.2, 0.25) is 0 Å². The van der Waals surface area contributed by atoms with Crippen LogP contribution < -0.4 is 0 Å². The van der Waals surface area contributed by atoms with Gasteiger partial charge in [0.15, 0.2) is 0 Å². The lowest BCUT2D eigenvalue weighted by molar-refractivity contribution is 0.281. The van der Waals surface area contributed by atoms with Gasteiger partial charge in [-0.15, -0.1) is 0 Å². The SMILES string of the molecule is C1=C[C@H]2C[C@H]1[C@H]1C=C[C@H]2C1. The molecule has 3 aliphatic rings. The topological polar surface area (TPSA) is 0 Å². The maximum absolute atomic E-state index is 2.44. The van der Waals surface area contributed by atoms with Gasteiger partial charge < -0.3 is 0 Å². The van der Waals surface area contributed by atoms with Gasteiger partial charge in [0, 0.05) is 0 Å². The molecule has 3 aliphatic carbocycles. The molecule has 10 heavy (non-hydrogen) atoms. The summed E-state index contributed by atoms with van der Waals surface area (Å²) in [6.07, 6.45) is 12.7. The van der Waals surface area contributed by atoms with Gasteiger partial charge in [-0.05, 0) is 36.5 Å². The second kappa shape index (κ2) is 1.55. The van der Waals surface area contributed by atoms with Crippen molar-refractivity contribution in [2.75, 3.05) is 0 Å². The Morgan fingerprint density at radius 1 is 0.600 bits per heavy atom. The van der Waals surface area contributed by atoms with Crippen LogP contribution in [0.4, 0.5) is 0 Å². The zero-order valence-corrected chi connectivity index (χ0v) is 6.03. The van der Waals surface area contributed by atoms with Crippen molar-refractivity contribution in [2.24, 2.45) is 23.7 Å². The van der Waals surface area contributed by atoms with Gasteiger partial charge >= 0.3 is 0 Å². The van der Waals surface area contributed by atoms with Gasteiger partial charge in [0.05, 0.1) is 0 Å². The molecule has 0 heterocycles. The molecular formula is C10H12. The monoisotopic (exact) mass is 132 g/mol. The largest absolute Gasteiger partial charge is 0.0845 e. The smallest absolute Gasteiger partial charge is 0.0164 e. The summed E-state index contributed by atoms with van der Waals surface area (Å²) in [7, 11) is 0. The first kappa shape index (κ1) is 5.17. The molecule has 0 aliphatic heterocycles. The van der Waals surface area contributed by atoms with Crippen LogP contribution in [0.3, 0.4) is 0 Å². The highest BCUT2D eigenvalue weighted by Crippen LogP contribution is 2.48. The van der Waals surface area contributed by atoms with Crippen LogP contribution in [0.2, 0.25) is 0 Å². The van der Waals surface area contributed by atoms with E-state index in [1.165, 1.54) is 12.8 Å². The Kier molecular flexibility index (Phi) is 0.803. The van der Waals surface area contributed by atoms with Crippen molar-refractivity contribution in [1.29, 1.82) is 0 Å². The third kappa shape index (κ3) is 0.484. The van der Waals surface area contributed by atoms with Gasteiger partial charge in [-0.2, -0.15) is 0 Å². The quantitative estimate of drug-likeness (QED) is 0.444. The number of rotatable bonds is 0. The summed E-state index contributed by atoms with van der Waals surface area (Å²) in [6, 6.07) is 0. The molecule has 3 rings (SSSR count). The Balaban J connectivity index is 2.07. The highest BCUT2D eigenvalue weighted by atomic mass is 14.4. The Morgan fingerprint density at radius 3 is 1.20 bits per heavy atom. The number of fused-ring (bicyclic) bond motifs is 6. The average Bonchev–Trinajstić information content (AvgIpc) is 2.41. The molecule has 1 fully saturated rings. The normalized spacial score (nSPS) is 54.4. The second-order valence-electron chi connectivity index (χ2n) is 3.90. The zero-order chi connectivity index (χ0) is 6.55. The standard InChI is InChI=1S/C10H12/c1-2-8-5-7(1)9-3-4-10(8)6-9/h1-4,7-10H,5-6H2/t7-,8-,9-,10-/m0/s1. The third-order valence-electron chi connectivity index (χ3n) is 3.40. The van der Waals surface area contributed by atoms with Crippen molar-refractivity contribution in [3.63, 3.8) is 0 Å². The fraction of sp³-hybridized carbons (Fsp3) is 0.600. The van der Waals surface area contributed by atoms with Gasteiger partial charge in [-0.1, -0.05) is 24.3 Å². The van der Waals surface area contributed by atoms with Crippen LogP contribution in [-0.2, 0) is 0 Å². The predicted octanol–water partition coefficient (Wildman–Crippen LogP) is 2.38. The summed E-state index contributed by atoms with van der Waals surface area (Å²) in [5.41, 5.74) is 0. The second-order valence-corrected chi connectivity index (χ2v) is 3.90. The van der Waals surface area contributed by atoms with Gasteiger partial charge in [-0.3, -0.25) is 0 Å². The lowest BCUT2D eigenvalue weighted by atomic mass is 9.78. The molecule has 0 heteroatoms. The van der Waals surface area contributed by atoms with Crippen molar-refractivity contribution in [2.45, 2.75) is 12.8 Å². The average molecular weight is 132 g/mol. The van der Waals surface area contributed by atoms with Gasteiger partial charge in [-0.25, -0.2) is 0 Å². The van der Waals surface area contributed by atoms with Crippen LogP contribution in [0, 0.1) is 23.7 Å². The number of allylic oxidation sites excluding steroid dienone is 4. The highest BCUT2D eigenvalue weighted by molar-refractivity contribution is 5.20. The molecule has 0 aromatic carbocycles. The molecule has 0 radical (unpaired) electrons. The molecule has 0 N–H and O–H groups in total. The first-order chi connectivity index (χ1) is 4.93. The van der Waals surface area contributed by atoms with Gasteiger partial charge in [0.25, 0.3) is 0 Å². The number of hydrogen-bond donors (Lipinski definition) is 0. The summed E-state index contributed by atoms with van der Waals surface area (Å²) >= 11 is 0. The van der Waals surface area contributed by atoms with Crippen LogP contribution >= 0.6 is 0 Å². The summed E-state index contributed by atoms with van der Waals surface area (Å²) in [5, 5.41) is 0. The summed E-state index contributed by atoms with van der Waals surface area (Å²) in [4.78, 5) is 0. The maximum Gasteiger partial charge on any atom is -0.0164 e. The van der Waals surface area contributed by atoms with E-state index >= 15 is 0 Å². The molecular weight excluding hydrogens is 120 g/mol. The van der Waals surface area contributed by atoms with E-state index in [-0.39, 0.29) is 0 Å². The van der Waals surface area contributed by atoms with E-state index < -0.39 is 0 Å². The lowest BCUT2D eigenvalue weighted by Gasteiger charge is -2.26. The Hall–Kier alpha value is -0.520. The van der Waals surface area contributed by atoms with E-state index in [9.17, 15) is 0 Å². The molecule has 0 spiro atoms. The fourth-order valence-electron chi connectivity index (χ4n) is 2.78. The first-order valence-corrected chi connectivity index (χ1v) is 4.30. The minimum Gasteiger partial charge on any atom is -0.0845 e. The third-order valence-corrected chi connectivity index (χ3v) is 3.40. The van der Waals surface area contributed by atoms with E-state index in [0.717, 1.165) is 23.7 Å². The van der Waals surface area contributed by atoms with Crippen LogP contribution in [0.5, 0.6) is 0 Å². The molecule has 4 atom stereocenters. The highest BCUT2D eigenvalue weighted by Gasteiger charge is 2.39. The van der Waals surface area contributed by atoms with Crippen molar-refractivity contribution >= 4 is 0 Å². The fourth-order valence-corrected chi connectivity index (χ4v) is 2.78. The summed E-state index contributed by atoms with van der Waals surface area (Å²) < 4.78 is 0. The molecule has 0 nitrogen and oxygen atoms in total. The first-order valence-electron chi connectivity index (χ1n) is 4.30. The van der Waals surface area contributed by atoms with E-state index in [2.05, 4.69) is 24.3 Å². The Labute approximate surface area is 61.6 Å². The molecule has 4 bridgehead atoms. The maximum atomic E-state index is 2.44.